The third-order valence-electron chi connectivity index (χ3n) is 3.03. The number of benzene rings is 2. The second kappa shape index (κ2) is 5.27. The Balaban J connectivity index is 2.56. The first kappa shape index (κ1) is 14.0. The van der Waals surface area contributed by atoms with E-state index in [2.05, 4.69) is 0 Å². The second-order valence-electron chi connectivity index (χ2n) is 4.52. The Hall–Kier alpha value is -1.45. The first-order chi connectivity index (χ1) is 8.91. The summed E-state index contributed by atoms with van der Waals surface area (Å²) in [5.41, 5.74) is 1.65. The van der Waals surface area contributed by atoms with E-state index in [1.165, 1.54) is 24.3 Å². The number of aliphatic hydroxyl groups is 1. The summed E-state index contributed by atoms with van der Waals surface area (Å²) in [7, 11) is 0. The van der Waals surface area contributed by atoms with Gasteiger partial charge in [0.05, 0.1) is 5.02 Å². The van der Waals surface area contributed by atoms with Crippen LogP contribution >= 0.6 is 11.6 Å². The van der Waals surface area contributed by atoms with E-state index in [0.29, 0.717) is 5.56 Å². The molecule has 2 rings (SSSR count). The minimum Gasteiger partial charge on any atom is -0.383 e. The largest absolute Gasteiger partial charge is 0.383 e. The van der Waals surface area contributed by atoms with Crippen LogP contribution in [-0.2, 0) is 0 Å². The second-order valence-corrected chi connectivity index (χ2v) is 4.90. The SMILES string of the molecule is Cc1cc(C)c(C(O)c2cccc(F)c2Cl)c(F)c1. The van der Waals surface area contributed by atoms with Crippen molar-refractivity contribution in [2.24, 2.45) is 0 Å². The molecule has 1 N–H and O–H groups in total. The van der Waals surface area contributed by atoms with Gasteiger partial charge >= 0.3 is 0 Å². The number of aliphatic hydroxyl groups excluding tert-OH is 1. The molecule has 0 radical (unpaired) electrons. The highest BCUT2D eigenvalue weighted by atomic mass is 35.5. The minimum atomic E-state index is -1.29. The molecule has 0 heterocycles. The summed E-state index contributed by atoms with van der Waals surface area (Å²) >= 11 is 5.82. The molecule has 0 saturated heterocycles. The van der Waals surface area contributed by atoms with Crippen LogP contribution in [0.15, 0.2) is 30.3 Å². The van der Waals surface area contributed by atoms with Gasteiger partial charge in [-0.1, -0.05) is 29.8 Å². The Bertz CT molecular complexity index is 603. The average Bonchev–Trinajstić information content (AvgIpc) is 2.31. The highest BCUT2D eigenvalue weighted by Crippen LogP contribution is 2.33. The standard InChI is InChI=1S/C15H13ClF2O/c1-8-6-9(2)13(12(18)7-8)15(19)10-4-3-5-11(17)14(10)16/h3-7,15,19H,1-2H3. The lowest BCUT2D eigenvalue weighted by Gasteiger charge is -2.17. The van der Waals surface area contributed by atoms with Crippen LogP contribution in [0.2, 0.25) is 5.02 Å². The lowest BCUT2D eigenvalue weighted by Crippen LogP contribution is -2.07. The molecule has 0 aliphatic carbocycles. The van der Waals surface area contributed by atoms with E-state index in [1.807, 2.05) is 0 Å². The third-order valence-corrected chi connectivity index (χ3v) is 3.43. The van der Waals surface area contributed by atoms with E-state index in [0.717, 1.165) is 5.56 Å². The molecule has 0 spiro atoms. The Morgan fingerprint density at radius 1 is 1.11 bits per heavy atom. The molecule has 0 fully saturated rings. The van der Waals surface area contributed by atoms with Gasteiger partial charge in [-0.15, -0.1) is 0 Å². The maximum atomic E-state index is 14.0. The van der Waals surface area contributed by atoms with E-state index in [-0.39, 0.29) is 16.1 Å². The number of hydrogen-bond donors (Lipinski definition) is 1. The quantitative estimate of drug-likeness (QED) is 0.870. The first-order valence-electron chi connectivity index (χ1n) is 5.80. The lowest BCUT2D eigenvalue weighted by molar-refractivity contribution is 0.213. The number of aryl methyl sites for hydroxylation is 2. The van der Waals surface area contributed by atoms with Crippen molar-refractivity contribution in [3.05, 3.63) is 69.2 Å². The molecule has 0 bridgehead atoms. The molecule has 0 aliphatic rings. The topological polar surface area (TPSA) is 20.2 Å². The van der Waals surface area contributed by atoms with Gasteiger partial charge in [-0.2, -0.15) is 0 Å². The van der Waals surface area contributed by atoms with Crippen molar-refractivity contribution in [3.63, 3.8) is 0 Å². The van der Waals surface area contributed by atoms with Crippen molar-refractivity contribution in [3.8, 4) is 0 Å². The third kappa shape index (κ3) is 2.62. The van der Waals surface area contributed by atoms with E-state index >= 15 is 0 Å². The van der Waals surface area contributed by atoms with Crippen molar-refractivity contribution in [2.45, 2.75) is 20.0 Å². The van der Waals surface area contributed by atoms with Gasteiger partial charge in [-0.05, 0) is 37.1 Å². The molecule has 0 aromatic heterocycles. The van der Waals surface area contributed by atoms with Crippen molar-refractivity contribution in [2.75, 3.05) is 0 Å². The Morgan fingerprint density at radius 3 is 2.42 bits per heavy atom. The molecule has 19 heavy (non-hydrogen) atoms. The van der Waals surface area contributed by atoms with Gasteiger partial charge in [0.1, 0.15) is 17.7 Å². The summed E-state index contributed by atoms with van der Waals surface area (Å²) in [5.74, 6) is -1.16. The van der Waals surface area contributed by atoms with Crippen LogP contribution in [-0.4, -0.2) is 5.11 Å². The van der Waals surface area contributed by atoms with Crippen molar-refractivity contribution < 1.29 is 13.9 Å². The molecule has 2 aromatic rings. The van der Waals surface area contributed by atoms with Crippen molar-refractivity contribution in [1.82, 2.24) is 0 Å². The van der Waals surface area contributed by atoms with Crippen LogP contribution in [0, 0.1) is 25.5 Å². The van der Waals surface area contributed by atoms with Crippen LogP contribution in [0.5, 0.6) is 0 Å². The zero-order valence-electron chi connectivity index (χ0n) is 10.5. The van der Waals surface area contributed by atoms with Gasteiger partial charge in [0.15, 0.2) is 0 Å². The molecule has 1 unspecified atom stereocenters. The Labute approximate surface area is 115 Å². The van der Waals surface area contributed by atoms with Gasteiger partial charge in [0.25, 0.3) is 0 Å². The van der Waals surface area contributed by atoms with E-state index in [4.69, 9.17) is 11.6 Å². The van der Waals surface area contributed by atoms with Crippen molar-refractivity contribution in [1.29, 1.82) is 0 Å². The number of hydrogen-bond acceptors (Lipinski definition) is 1. The normalized spacial score (nSPS) is 12.5. The lowest BCUT2D eigenvalue weighted by atomic mass is 9.95. The van der Waals surface area contributed by atoms with Gasteiger partial charge in [0, 0.05) is 11.1 Å². The first-order valence-corrected chi connectivity index (χ1v) is 6.18. The highest BCUT2D eigenvalue weighted by Gasteiger charge is 2.21. The Morgan fingerprint density at radius 2 is 1.79 bits per heavy atom. The monoisotopic (exact) mass is 282 g/mol. The molecule has 4 heteroatoms. The summed E-state index contributed by atoms with van der Waals surface area (Å²) < 4.78 is 27.4. The summed E-state index contributed by atoms with van der Waals surface area (Å²) in [6.07, 6.45) is -1.29. The predicted octanol–water partition coefficient (Wildman–Crippen LogP) is 4.32. The van der Waals surface area contributed by atoms with E-state index in [9.17, 15) is 13.9 Å². The van der Waals surface area contributed by atoms with E-state index in [1.54, 1.807) is 19.9 Å². The minimum absolute atomic E-state index is 0.123. The summed E-state index contributed by atoms with van der Waals surface area (Å²) in [4.78, 5) is 0. The van der Waals surface area contributed by atoms with Crippen LogP contribution < -0.4 is 0 Å². The van der Waals surface area contributed by atoms with Gasteiger partial charge in [0.2, 0.25) is 0 Å². The molecule has 2 aromatic carbocycles. The molecular weight excluding hydrogens is 270 g/mol. The van der Waals surface area contributed by atoms with Crippen LogP contribution in [0.25, 0.3) is 0 Å². The predicted molar refractivity (Wildman–Crippen MR) is 71.3 cm³/mol. The Kier molecular flexibility index (Phi) is 3.88. The van der Waals surface area contributed by atoms with Gasteiger partial charge in [-0.3, -0.25) is 0 Å². The van der Waals surface area contributed by atoms with Gasteiger partial charge < -0.3 is 5.11 Å². The molecule has 1 nitrogen and oxygen atoms in total. The fourth-order valence-corrected chi connectivity index (χ4v) is 2.39. The van der Waals surface area contributed by atoms with Gasteiger partial charge in [-0.25, -0.2) is 8.78 Å². The number of halogens is 3. The molecule has 100 valence electrons. The number of rotatable bonds is 2. The maximum absolute atomic E-state index is 14.0. The molecule has 0 aliphatic heterocycles. The zero-order chi connectivity index (χ0) is 14.2. The smallest absolute Gasteiger partial charge is 0.142 e. The average molecular weight is 283 g/mol. The summed E-state index contributed by atoms with van der Waals surface area (Å²) in [6, 6.07) is 7.19. The van der Waals surface area contributed by atoms with Crippen molar-refractivity contribution >= 4 is 11.6 Å². The summed E-state index contributed by atoms with van der Waals surface area (Å²) in [6.45, 7) is 3.46. The van der Waals surface area contributed by atoms with E-state index < -0.39 is 17.7 Å². The van der Waals surface area contributed by atoms with Crippen LogP contribution in [0.3, 0.4) is 0 Å². The highest BCUT2D eigenvalue weighted by molar-refractivity contribution is 6.31. The maximum Gasteiger partial charge on any atom is 0.142 e. The molecule has 1 atom stereocenters. The fraction of sp³-hybridized carbons (Fsp3) is 0.200. The molecular formula is C15H13ClF2O. The van der Waals surface area contributed by atoms with Crippen LogP contribution in [0.4, 0.5) is 8.78 Å². The zero-order valence-corrected chi connectivity index (χ0v) is 11.3. The van der Waals surface area contributed by atoms with Crippen LogP contribution in [0.1, 0.15) is 28.4 Å². The summed E-state index contributed by atoms with van der Waals surface area (Å²) in [5, 5.41) is 10.1. The fourth-order valence-electron chi connectivity index (χ4n) is 2.16. The molecule has 0 saturated carbocycles. The molecule has 0 amide bonds.